The van der Waals surface area contributed by atoms with Crippen molar-refractivity contribution in [1.29, 1.82) is 0 Å². The van der Waals surface area contributed by atoms with Gasteiger partial charge in [0.2, 0.25) is 5.95 Å². The van der Waals surface area contributed by atoms with E-state index < -0.39 is 0 Å². The first-order valence-corrected chi connectivity index (χ1v) is 9.57. The third-order valence-corrected chi connectivity index (χ3v) is 4.67. The molecule has 1 aromatic heterocycles. The van der Waals surface area contributed by atoms with E-state index in [0.29, 0.717) is 11.5 Å². The lowest BCUT2D eigenvalue weighted by molar-refractivity contribution is 0.0919. The van der Waals surface area contributed by atoms with Gasteiger partial charge < -0.3 is 15.5 Å². The highest BCUT2D eigenvalue weighted by molar-refractivity contribution is 5.94. The van der Waals surface area contributed by atoms with Gasteiger partial charge in [0.25, 0.3) is 5.91 Å². The van der Waals surface area contributed by atoms with E-state index in [1.54, 1.807) is 12.4 Å². The number of carbonyl (C=O) groups excluding carboxylic acids is 1. The number of nitrogens with zero attached hydrogens (tertiary/aromatic N) is 3. The molecule has 0 aliphatic carbocycles. The molecule has 1 fully saturated rings. The lowest BCUT2D eigenvalue weighted by atomic mass is 9.99. The number of nitrogens with one attached hydrogen (secondary N) is 2. The molecule has 144 valence electrons. The van der Waals surface area contributed by atoms with Crippen LogP contribution in [0.15, 0.2) is 36.7 Å². The molecule has 3 rings (SSSR count). The normalized spacial score (nSPS) is 15.5. The Hall–Kier alpha value is -2.63. The molecule has 1 saturated heterocycles. The van der Waals surface area contributed by atoms with E-state index in [1.165, 1.54) is 18.5 Å². The van der Waals surface area contributed by atoms with Gasteiger partial charge in [0, 0.05) is 42.4 Å². The Bertz CT molecular complexity index is 757. The fourth-order valence-electron chi connectivity index (χ4n) is 3.07. The third-order valence-electron chi connectivity index (χ3n) is 4.67. The van der Waals surface area contributed by atoms with Gasteiger partial charge in [-0.25, -0.2) is 9.97 Å². The van der Waals surface area contributed by atoms with Crippen LogP contribution < -0.4 is 15.5 Å². The predicted octanol–water partition coefficient (Wildman–Crippen LogP) is 3.98. The molecule has 1 aliphatic heterocycles. The van der Waals surface area contributed by atoms with Crippen LogP contribution in [0.4, 0.5) is 17.3 Å². The maximum Gasteiger partial charge on any atom is 0.254 e. The fraction of sp³-hybridized carbons (Fsp3) is 0.476. The summed E-state index contributed by atoms with van der Waals surface area (Å²) in [5.74, 6) is 1.13. The average molecular weight is 367 g/mol. The molecule has 0 atom stereocenters. The van der Waals surface area contributed by atoms with Crippen molar-refractivity contribution in [1.82, 2.24) is 15.3 Å². The number of piperidine rings is 1. The van der Waals surface area contributed by atoms with Crippen LogP contribution in [-0.4, -0.2) is 34.5 Å². The predicted molar refractivity (Wildman–Crippen MR) is 110 cm³/mol. The van der Waals surface area contributed by atoms with Crippen LogP contribution in [-0.2, 0) is 0 Å². The van der Waals surface area contributed by atoms with Gasteiger partial charge >= 0.3 is 0 Å². The number of aromatic nitrogens is 2. The fourth-order valence-corrected chi connectivity index (χ4v) is 3.07. The smallest absolute Gasteiger partial charge is 0.254 e. The Labute approximate surface area is 161 Å². The number of carbonyl (C=O) groups is 1. The van der Waals surface area contributed by atoms with Crippen molar-refractivity contribution in [3.8, 4) is 0 Å². The van der Waals surface area contributed by atoms with Crippen LogP contribution in [0, 0.1) is 5.92 Å². The topological polar surface area (TPSA) is 70.2 Å². The first-order chi connectivity index (χ1) is 12.8. The SMILES string of the molecule is CC1CCN(c2ccc(Nc3ncc(C(=O)NC(C)(C)C)cn3)cc2)CC1. The summed E-state index contributed by atoms with van der Waals surface area (Å²) >= 11 is 0. The third kappa shape index (κ3) is 5.42. The van der Waals surface area contributed by atoms with Crippen LogP contribution in [0.2, 0.25) is 0 Å². The molecule has 6 nitrogen and oxygen atoms in total. The van der Waals surface area contributed by atoms with E-state index in [9.17, 15) is 4.79 Å². The molecule has 27 heavy (non-hydrogen) atoms. The van der Waals surface area contributed by atoms with E-state index >= 15 is 0 Å². The van der Waals surface area contributed by atoms with Crippen molar-refractivity contribution in [3.63, 3.8) is 0 Å². The summed E-state index contributed by atoms with van der Waals surface area (Å²) in [4.78, 5) is 23.1. The highest BCUT2D eigenvalue weighted by Crippen LogP contribution is 2.24. The Morgan fingerprint density at radius 3 is 2.22 bits per heavy atom. The summed E-state index contributed by atoms with van der Waals surface area (Å²) in [5, 5.41) is 6.08. The Morgan fingerprint density at radius 2 is 1.67 bits per heavy atom. The summed E-state index contributed by atoms with van der Waals surface area (Å²) in [5.41, 5.74) is 2.34. The second-order valence-corrected chi connectivity index (χ2v) is 8.34. The molecular formula is C21H29N5O. The molecule has 1 aromatic carbocycles. The zero-order valence-corrected chi connectivity index (χ0v) is 16.6. The lowest BCUT2D eigenvalue weighted by Gasteiger charge is -2.32. The summed E-state index contributed by atoms with van der Waals surface area (Å²) in [7, 11) is 0. The van der Waals surface area contributed by atoms with E-state index in [2.05, 4.69) is 44.6 Å². The summed E-state index contributed by atoms with van der Waals surface area (Å²) in [6.45, 7) is 10.4. The molecule has 0 bridgehead atoms. The Morgan fingerprint density at radius 1 is 1.07 bits per heavy atom. The van der Waals surface area contributed by atoms with Gasteiger partial charge in [-0.15, -0.1) is 0 Å². The lowest BCUT2D eigenvalue weighted by Crippen LogP contribution is -2.40. The number of hydrogen-bond donors (Lipinski definition) is 2. The van der Waals surface area contributed by atoms with Crippen molar-refractivity contribution >= 4 is 23.2 Å². The highest BCUT2D eigenvalue weighted by atomic mass is 16.1. The standard InChI is InChI=1S/C21H29N5O/c1-15-9-11-26(12-10-15)18-7-5-17(6-8-18)24-20-22-13-16(14-23-20)19(27)25-21(2,3)4/h5-8,13-15H,9-12H2,1-4H3,(H,25,27)(H,22,23,24). The molecule has 0 radical (unpaired) electrons. The van der Waals surface area contributed by atoms with Gasteiger partial charge in [-0.1, -0.05) is 6.92 Å². The summed E-state index contributed by atoms with van der Waals surface area (Å²) < 4.78 is 0. The van der Waals surface area contributed by atoms with Crippen molar-refractivity contribution < 1.29 is 4.79 Å². The maximum atomic E-state index is 12.1. The zero-order chi connectivity index (χ0) is 19.4. The monoisotopic (exact) mass is 367 g/mol. The summed E-state index contributed by atoms with van der Waals surface area (Å²) in [6.07, 6.45) is 5.59. The number of hydrogen-bond acceptors (Lipinski definition) is 5. The van der Waals surface area contributed by atoms with Crippen molar-refractivity contribution in [3.05, 3.63) is 42.2 Å². The number of rotatable bonds is 4. The molecular weight excluding hydrogens is 338 g/mol. The van der Waals surface area contributed by atoms with Crippen LogP contribution in [0.25, 0.3) is 0 Å². The van der Waals surface area contributed by atoms with E-state index in [-0.39, 0.29) is 11.4 Å². The van der Waals surface area contributed by atoms with Gasteiger partial charge in [0.15, 0.2) is 0 Å². The molecule has 1 amide bonds. The quantitative estimate of drug-likeness (QED) is 0.855. The van der Waals surface area contributed by atoms with Crippen LogP contribution >= 0.6 is 0 Å². The number of anilines is 3. The zero-order valence-electron chi connectivity index (χ0n) is 16.6. The van der Waals surface area contributed by atoms with E-state index in [4.69, 9.17) is 0 Å². The maximum absolute atomic E-state index is 12.1. The molecule has 0 spiro atoms. The van der Waals surface area contributed by atoms with Gasteiger partial charge in [0.1, 0.15) is 0 Å². The number of benzene rings is 1. The summed E-state index contributed by atoms with van der Waals surface area (Å²) in [6, 6.07) is 8.33. The van der Waals surface area contributed by atoms with Crippen molar-refractivity contribution in [2.75, 3.05) is 23.3 Å². The van der Waals surface area contributed by atoms with E-state index in [1.807, 2.05) is 32.9 Å². The Balaban J connectivity index is 1.59. The molecule has 1 aliphatic rings. The highest BCUT2D eigenvalue weighted by Gasteiger charge is 2.17. The molecule has 2 aromatic rings. The van der Waals surface area contributed by atoms with Gasteiger partial charge in [0.05, 0.1) is 5.56 Å². The second-order valence-electron chi connectivity index (χ2n) is 8.34. The second kappa shape index (κ2) is 7.94. The molecule has 2 N–H and O–H groups in total. The molecule has 2 heterocycles. The molecule has 0 saturated carbocycles. The average Bonchev–Trinajstić information content (AvgIpc) is 2.62. The van der Waals surface area contributed by atoms with Crippen LogP contribution in [0.1, 0.15) is 50.9 Å². The largest absolute Gasteiger partial charge is 0.372 e. The minimum absolute atomic E-state index is 0.172. The minimum atomic E-state index is -0.290. The first-order valence-electron chi connectivity index (χ1n) is 9.57. The first kappa shape index (κ1) is 19.1. The van der Waals surface area contributed by atoms with Crippen LogP contribution in [0.5, 0.6) is 0 Å². The molecule has 6 heteroatoms. The van der Waals surface area contributed by atoms with E-state index in [0.717, 1.165) is 24.7 Å². The van der Waals surface area contributed by atoms with Crippen LogP contribution in [0.3, 0.4) is 0 Å². The number of amides is 1. The van der Waals surface area contributed by atoms with Crippen molar-refractivity contribution in [2.45, 2.75) is 46.1 Å². The van der Waals surface area contributed by atoms with Gasteiger partial charge in [-0.2, -0.15) is 0 Å². The van der Waals surface area contributed by atoms with Gasteiger partial charge in [-0.3, -0.25) is 4.79 Å². The van der Waals surface area contributed by atoms with Gasteiger partial charge in [-0.05, 0) is 63.8 Å². The minimum Gasteiger partial charge on any atom is -0.372 e. The van der Waals surface area contributed by atoms with Crippen molar-refractivity contribution in [2.24, 2.45) is 5.92 Å². The molecule has 0 unspecified atom stereocenters. The Kier molecular flexibility index (Phi) is 5.63.